The summed E-state index contributed by atoms with van der Waals surface area (Å²) < 4.78 is 102. The average molecular weight is 576 g/mol. The van der Waals surface area contributed by atoms with Gasteiger partial charge in [0.05, 0.1) is 19.6 Å². The fourth-order valence-electron chi connectivity index (χ4n) is 4.05. The van der Waals surface area contributed by atoms with Crippen molar-refractivity contribution in [3.63, 3.8) is 0 Å². The van der Waals surface area contributed by atoms with Crippen molar-refractivity contribution >= 4 is 11.7 Å². The largest absolute Gasteiger partial charge is 0.573 e. The molecule has 0 fully saturated rings. The molecular weight excluding hydrogens is 553 g/mol. The molecule has 0 saturated carbocycles. The quantitative estimate of drug-likeness (QED) is 0.330. The van der Waals surface area contributed by atoms with E-state index in [1.165, 1.54) is 50.8 Å². The third-order valence-electron chi connectivity index (χ3n) is 5.80. The second-order valence-electron chi connectivity index (χ2n) is 8.82. The number of benzene rings is 2. The average Bonchev–Trinajstić information content (AvgIpc) is 3.21. The van der Waals surface area contributed by atoms with E-state index >= 15 is 0 Å². The monoisotopic (exact) mass is 576 g/mol. The molecule has 1 aliphatic heterocycles. The lowest BCUT2D eigenvalue weighted by atomic mass is 10.2. The van der Waals surface area contributed by atoms with Gasteiger partial charge in [-0.1, -0.05) is 18.2 Å². The summed E-state index contributed by atoms with van der Waals surface area (Å²) in [5.74, 6) is -2.00. The number of anilines is 1. The molecule has 1 aromatic heterocycles. The number of halogens is 7. The van der Waals surface area contributed by atoms with Crippen molar-refractivity contribution in [3.8, 4) is 17.5 Å². The van der Waals surface area contributed by atoms with E-state index in [-0.39, 0.29) is 56.1 Å². The van der Waals surface area contributed by atoms with Gasteiger partial charge < -0.3 is 24.4 Å². The Bertz CT molecular complexity index is 1330. The van der Waals surface area contributed by atoms with E-state index in [1.807, 2.05) is 0 Å². The SMILES string of the molecule is O=C1c2c(nc(Oc3cccc(OC(F)(F)F)c3)n2Cc2ccc(F)cc2)N(CCC(F)(F)F)CN1CCCO. The third-order valence-corrected chi connectivity index (χ3v) is 5.80. The summed E-state index contributed by atoms with van der Waals surface area (Å²) in [5, 5.41) is 9.24. The highest BCUT2D eigenvalue weighted by Gasteiger charge is 2.38. The zero-order valence-electron chi connectivity index (χ0n) is 20.7. The van der Waals surface area contributed by atoms with Crippen LogP contribution in [0.4, 0.5) is 36.6 Å². The summed E-state index contributed by atoms with van der Waals surface area (Å²) >= 11 is 0. The van der Waals surface area contributed by atoms with E-state index in [2.05, 4.69) is 9.72 Å². The minimum Gasteiger partial charge on any atom is -0.425 e. The molecule has 0 radical (unpaired) electrons. The molecule has 2 heterocycles. The summed E-state index contributed by atoms with van der Waals surface area (Å²) in [7, 11) is 0. The maximum atomic E-state index is 13.5. The molecule has 1 N–H and O–H groups in total. The number of fused-ring (bicyclic) bond motifs is 1. The lowest BCUT2D eigenvalue weighted by Gasteiger charge is -2.36. The second kappa shape index (κ2) is 11.6. The molecule has 4 rings (SSSR count). The van der Waals surface area contributed by atoms with Crippen LogP contribution in [0.1, 0.15) is 28.9 Å². The van der Waals surface area contributed by atoms with Crippen molar-refractivity contribution in [1.29, 1.82) is 0 Å². The number of aliphatic hydroxyl groups is 1. The van der Waals surface area contributed by atoms with E-state index in [4.69, 9.17) is 4.74 Å². The smallest absolute Gasteiger partial charge is 0.425 e. The van der Waals surface area contributed by atoms with Crippen molar-refractivity contribution in [3.05, 3.63) is 65.6 Å². The van der Waals surface area contributed by atoms with E-state index in [1.54, 1.807) is 0 Å². The summed E-state index contributed by atoms with van der Waals surface area (Å²) in [4.78, 5) is 20.2. The standard InChI is InChI=1S/C25H23F7N4O4/c26-17-7-5-16(6-8-17)14-36-20-21(33-23(36)39-18-3-1-4-19(13-18)40-25(30,31)32)34(11-9-24(27,28)29)15-35(22(20)38)10-2-12-37/h1,3-8,13,37H,2,9-12,14-15H2. The van der Waals surface area contributed by atoms with Gasteiger partial charge in [0.2, 0.25) is 0 Å². The predicted molar refractivity (Wildman–Crippen MR) is 127 cm³/mol. The number of carbonyl (C=O) groups is 1. The van der Waals surface area contributed by atoms with Gasteiger partial charge >= 0.3 is 18.5 Å². The van der Waals surface area contributed by atoms with Crippen molar-refractivity contribution in [1.82, 2.24) is 14.5 Å². The number of hydrogen-bond acceptors (Lipinski definition) is 6. The zero-order valence-corrected chi connectivity index (χ0v) is 20.7. The summed E-state index contributed by atoms with van der Waals surface area (Å²) in [5.41, 5.74) is 0.344. The van der Waals surface area contributed by atoms with Gasteiger partial charge in [0.25, 0.3) is 5.91 Å². The Hall–Kier alpha value is -4.01. The van der Waals surface area contributed by atoms with Crippen LogP contribution in [0.5, 0.6) is 17.5 Å². The molecule has 15 heteroatoms. The molecule has 0 atom stereocenters. The van der Waals surface area contributed by atoms with Gasteiger partial charge in [0.15, 0.2) is 11.5 Å². The molecule has 2 aromatic carbocycles. The van der Waals surface area contributed by atoms with Crippen LogP contribution in [-0.2, 0) is 6.54 Å². The molecule has 0 unspecified atom stereocenters. The van der Waals surface area contributed by atoms with Gasteiger partial charge in [-0.05, 0) is 36.2 Å². The molecule has 0 aliphatic carbocycles. The Morgan fingerprint density at radius 3 is 2.30 bits per heavy atom. The van der Waals surface area contributed by atoms with Crippen LogP contribution in [0, 0.1) is 5.82 Å². The fourth-order valence-corrected chi connectivity index (χ4v) is 4.05. The van der Waals surface area contributed by atoms with Crippen LogP contribution in [-0.4, -0.2) is 64.4 Å². The van der Waals surface area contributed by atoms with Gasteiger partial charge in [-0.3, -0.25) is 9.36 Å². The first-order valence-electron chi connectivity index (χ1n) is 11.9. The summed E-state index contributed by atoms with van der Waals surface area (Å²) in [6.07, 6.45) is -10.5. The number of amides is 1. The Kier molecular flexibility index (Phi) is 8.42. The van der Waals surface area contributed by atoms with E-state index in [9.17, 15) is 40.6 Å². The number of aliphatic hydroxyl groups excluding tert-OH is 1. The van der Waals surface area contributed by atoms with E-state index in [0.717, 1.165) is 12.1 Å². The lowest BCUT2D eigenvalue weighted by Crippen LogP contribution is -2.48. The highest BCUT2D eigenvalue weighted by molar-refractivity contribution is 5.99. The van der Waals surface area contributed by atoms with Crippen molar-refractivity contribution < 1.29 is 50.1 Å². The maximum Gasteiger partial charge on any atom is 0.573 e. The Balaban J connectivity index is 1.78. The fraction of sp³-hybridized carbons (Fsp3) is 0.360. The topological polar surface area (TPSA) is 80.1 Å². The number of rotatable bonds is 10. The molecule has 40 heavy (non-hydrogen) atoms. The molecule has 8 nitrogen and oxygen atoms in total. The number of aromatic nitrogens is 2. The molecular formula is C25H23F7N4O4. The minimum absolute atomic E-state index is 0.0338. The highest BCUT2D eigenvalue weighted by atomic mass is 19.4. The van der Waals surface area contributed by atoms with Gasteiger partial charge in [0.1, 0.15) is 17.3 Å². The molecule has 1 aliphatic rings. The number of hydrogen-bond donors (Lipinski definition) is 1. The molecule has 3 aromatic rings. The normalized spacial score (nSPS) is 13.9. The van der Waals surface area contributed by atoms with Crippen molar-refractivity contribution in [2.75, 3.05) is 31.3 Å². The molecule has 0 bridgehead atoms. The molecule has 1 amide bonds. The molecule has 216 valence electrons. The van der Waals surface area contributed by atoms with Crippen LogP contribution in [0.15, 0.2) is 48.5 Å². The first-order chi connectivity index (χ1) is 18.8. The van der Waals surface area contributed by atoms with Crippen molar-refractivity contribution in [2.24, 2.45) is 0 Å². The van der Waals surface area contributed by atoms with Gasteiger partial charge in [-0.25, -0.2) is 4.39 Å². The lowest BCUT2D eigenvalue weighted by molar-refractivity contribution is -0.274. The van der Waals surface area contributed by atoms with Crippen LogP contribution in [0.25, 0.3) is 0 Å². The van der Waals surface area contributed by atoms with Crippen LogP contribution in [0.3, 0.4) is 0 Å². The van der Waals surface area contributed by atoms with Crippen LogP contribution >= 0.6 is 0 Å². The Morgan fingerprint density at radius 2 is 1.65 bits per heavy atom. The summed E-state index contributed by atoms with van der Waals surface area (Å²) in [6, 6.07) is 9.37. The molecule has 0 saturated heterocycles. The highest BCUT2D eigenvalue weighted by Crippen LogP contribution is 2.36. The first-order valence-corrected chi connectivity index (χ1v) is 11.9. The van der Waals surface area contributed by atoms with E-state index < -0.39 is 43.0 Å². The Labute approximate surface area is 223 Å². The third kappa shape index (κ3) is 7.34. The number of carbonyl (C=O) groups excluding carboxylic acids is 1. The van der Waals surface area contributed by atoms with Gasteiger partial charge in [0, 0.05) is 25.8 Å². The minimum atomic E-state index is -4.97. The Morgan fingerprint density at radius 1 is 0.950 bits per heavy atom. The van der Waals surface area contributed by atoms with Gasteiger partial charge in [-0.15, -0.1) is 13.2 Å². The summed E-state index contributed by atoms with van der Waals surface area (Å²) in [6.45, 7) is -1.17. The predicted octanol–water partition coefficient (Wildman–Crippen LogP) is 5.32. The second-order valence-corrected chi connectivity index (χ2v) is 8.82. The maximum absolute atomic E-state index is 13.5. The first kappa shape index (κ1) is 29.0. The number of alkyl halides is 6. The number of imidazole rings is 1. The number of nitrogens with zero attached hydrogens (tertiary/aromatic N) is 4. The number of ether oxygens (including phenoxy) is 2. The van der Waals surface area contributed by atoms with Crippen LogP contribution in [0.2, 0.25) is 0 Å². The molecule has 0 spiro atoms. The zero-order chi connectivity index (χ0) is 29.1. The van der Waals surface area contributed by atoms with Crippen molar-refractivity contribution in [2.45, 2.75) is 31.9 Å². The van der Waals surface area contributed by atoms with Gasteiger partial charge in [-0.2, -0.15) is 18.2 Å². The van der Waals surface area contributed by atoms with E-state index in [0.29, 0.717) is 5.56 Å². The van der Waals surface area contributed by atoms with Crippen LogP contribution < -0.4 is 14.4 Å².